The summed E-state index contributed by atoms with van der Waals surface area (Å²) in [5.41, 5.74) is 1.72. The van der Waals surface area contributed by atoms with E-state index in [9.17, 15) is 13.2 Å². The molecule has 156 valence electrons. The van der Waals surface area contributed by atoms with Crippen LogP contribution in [0.2, 0.25) is 5.02 Å². The van der Waals surface area contributed by atoms with E-state index in [4.69, 9.17) is 21.3 Å². The van der Waals surface area contributed by atoms with Crippen molar-refractivity contribution in [2.45, 2.75) is 51.9 Å². The van der Waals surface area contributed by atoms with Crippen molar-refractivity contribution in [2.24, 2.45) is 0 Å². The van der Waals surface area contributed by atoms with Gasteiger partial charge in [-0.3, -0.25) is 0 Å². The Balaban J connectivity index is 2.07. The molecule has 0 amide bonds. The lowest BCUT2D eigenvalue weighted by atomic mass is 10.0. The van der Waals surface area contributed by atoms with Crippen LogP contribution in [0.4, 0.5) is 13.2 Å². The van der Waals surface area contributed by atoms with Crippen molar-refractivity contribution in [3.8, 4) is 11.1 Å². The van der Waals surface area contributed by atoms with Crippen molar-refractivity contribution in [1.29, 1.82) is 0 Å². The molecule has 0 aliphatic rings. The van der Waals surface area contributed by atoms with Crippen molar-refractivity contribution in [1.82, 2.24) is 14.5 Å². The van der Waals surface area contributed by atoms with E-state index >= 15 is 0 Å². The first kappa shape index (κ1) is 21.6. The van der Waals surface area contributed by atoms with E-state index in [1.807, 2.05) is 6.92 Å². The van der Waals surface area contributed by atoms with E-state index in [1.54, 1.807) is 19.4 Å². The normalized spacial score (nSPS) is 13.2. The number of hydrogen-bond acceptors (Lipinski definition) is 3. The molecule has 2 aromatic heterocycles. The van der Waals surface area contributed by atoms with Crippen molar-refractivity contribution in [3.05, 3.63) is 46.9 Å². The third-order valence-electron chi connectivity index (χ3n) is 5.08. The van der Waals surface area contributed by atoms with Crippen LogP contribution in [0.15, 0.2) is 30.5 Å². The number of fused-ring (bicyclic) bond motifs is 1. The first-order chi connectivity index (χ1) is 13.8. The Bertz CT molecular complexity index is 997. The highest BCUT2D eigenvalue weighted by Gasteiger charge is 2.31. The Morgan fingerprint density at radius 1 is 1.17 bits per heavy atom. The van der Waals surface area contributed by atoms with Crippen LogP contribution in [0, 0.1) is 0 Å². The minimum absolute atomic E-state index is 0.0327. The highest BCUT2D eigenvalue weighted by molar-refractivity contribution is 6.33. The molecule has 0 spiro atoms. The summed E-state index contributed by atoms with van der Waals surface area (Å²) >= 11 is 6.22. The first-order valence-corrected chi connectivity index (χ1v) is 9.91. The number of rotatable bonds is 7. The molecule has 0 fully saturated rings. The number of aromatic nitrogens is 3. The van der Waals surface area contributed by atoms with Gasteiger partial charge in [0.1, 0.15) is 11.3 Å². The Labute approximate surface area is 172 Å². The van der Waals surface area contributed by atoms with E-state index in [0.717, 1.165) is 30.8 Å². The molecule has 0 saturated carbocycles. The summed E-state index contributed by atoms with van der Waals surface area (Å²) in [6.07, 6.45) is -0.228. The fourth-order valence-electron chi connectivity index (χ4n) is 3.46. The quantitative estimate of drug-likeness (QED) is 0.456. The molecule has 0 aliphatic carbocycles. The second kappa shape index (κ2) is 8.71. The maximum Gasteiger partial charge on any atom is 0.416 e. The molecule has 1 atom stereocenters. The number of hydrogen-bond donors (Lipinski definition) is 0. The Morgan fingerprint density at radius 3 is 2.52 bits per heavy atom. The molecule has 0 radical (unpaired) electrons. The van der Waals surface area contributed by atoms with Gasteiger partial charge in [-0.25, -0.2) is 9.97 Å². The molecule has 1 aromatic carbocycles. The van der Waals surface area contributed by atoms with Crippen LogP contribution >= 0.6 is 11.6 Å². The van der Waals surface area contributed by atoms with Gasteiger partial charge in [-0.1, -0.05) is 31.5 Å². The predicted octanol–water partition coefficient (Wildman–Crippen LogP) is 6.15. The van der Waals surface area contributed by atoms with Crippen molar-refractivity contribution >= 4 is 22.8 Å². The standard InChI is InChI=1S/C21H23ClF3N3O/c1-4-14(29-3)9-11-28-18(5-2)27-19-16(8-10-26-20(19)28)15-7-6-13(12-17(15)22)21(23,24)25/h6-8,10,12,14H,4-5,9,11H2,1-3H3. The number of methoxy groups -OCH3 is 1. The summed E-state index contributed by atoms with van der Waals surface area (Å²) in [4.78, 5) is 9.22. The lowest BCUT2D eigenvalue weighted by Gasteiger charge is -2.14. The number of halogens is 4. The maximum atomic E-state index is 13.0. The smallest absolute Gasteiger partial charge is 0.381 e. The second-order valence-electron chi connectivity index (χ2n) is 6.81. The van der Waals surface area contributed by atoms with Crippen LogP contribution in [-0.4, -0.2) is 27.7 Å². The molecule has 0 aliphatic heterocycles. The fourth-order valence-corrected chi connectivity index (χ4v) is 3.74. The van der Waals surface area contributed by atoms with Gasteiger partial charge in [0.2, 0.25) is 0 Å². The Morgan fingerprint density at radius 2 is 1.93 bits per heavy atom. The number of pyridine rings is 1. The summed E-state index contributed by atoms with van der Waals surface area (Å²) in [6.45, 7) is 4.78. The number of aryl methyl sites for hydroxylation is 2. The summed E-state index contributed by atoms with van der Waals surface area (Å²) in [5.74, 6) is 0.869. The number of nitrogens with zero attached hydrogens (tertiary/aromatic N) is 3. The van der Waals surface area contributed by atoms with E-state index in [0.29, 0.717) is 35.3 Å². The molecule has 3 rings (SSSR count). The summed E-state index contributed by atoms with van der Waals surface area (Å²) in [5, 5.41) is 0.0327. The van der Waals surface area contributed by atoms with Gasteiger partial charge < -0.3 is 9.30 Å². The lowest BCUT2D eigenvalue weighted by molar-refractivity contribution is -0.137. The van der Waals surface area contributed by atoms with Gasteiger partial charge in [0.15, 0.2) is 5.65 Å². The summed E-state index contributed by atoms with van der Waals surface area (Å²) < 4.78 is 46.4. The molecule has 1 unspecified atom stereocenters. The monoisotopic (exact) mass is 425 g/mol. The first-order valence-electron chi connectivity index (χ1n) is 9.54. The van der Waals surface area contributed by atoms with Crippen LogP contribution in [0.25, 0.3) is 22.3 Å². The average molecular weight is 426 g/mol. The van der Waals surface area contributed by atoms with Crippen molar-refractivity contribution in [3.63, 3.8) is 0 Å². The molecule has 4 nitrogen and oxygen atoms in total. The fraction of sp³-hybridized carbons (Fsp3) is 0.429. The zero-order valence-corrected chi connectivity index (χ0v) is 17.3. The van der Waals surface area contributed by atoms with Crippen LogP contribution in [0.3, 0.4) is 0 Å². The van der Waals surface area contributed by atoms with Crippen molar-refractivity contribution < 1.29 is 17.9 Å². The summed E-state index contributed by atoms with van der Waals surface area (Å²) in [6, 6.07) is 5.11. The van der Waals surface area contributed by atoms with Gasteiger partial charge in [-0.2, -0.15) is 13.2 Å². The molecular formula is C21H23ClF3N3O. The van der Waals surface area contributed by atoms with Gasteiger partial charge in [0.05, 0.1) is 11.7 Å². The molecule has 3 aromatic rings. The third kappa shape index (κ3) is 4.41. The van der Waals surface area contributed by atoms with E-state index in [2.05, 4.69) is 16.5 Å². The highest BCUT2D eigenvalue weighted by Crippen LogP contribution is 2.37. The molecule has 0 saturated heterocycles. The molecule has 0 bridgehead atoms. The SMILES string of the molecule is CCc1nc2c(-c3ccc(C(F)(F)F)cc3Cl)ccnc2n1CCC(CC)OC. The maximum absolute atomic E-state index is 13.0. The molecule has 8 heteroatoms. The predicted molar refractivity (Wildman–Crippen MR) is 108 cm³/mol. The van der Waals surface area contributed by atoms with Crippen LogP contribution in [0.5, 0.6) is 0 Å². The number of imidazole rings is 1. The van der Waals surface area contributed by atoms with Crippen molar-refractivity contribution in [2.75, 3.05) is 7.11 Å². The molecular weight excluding hydrogens is 403 g/mol. The number of ether oxygens (including phenoxy) is 1. The average Bonchev–Trinajstić information content (AvgIpc) is 3.06. The van der Waals surface area contributed by atoms with E-state index in [1.165, 1.54) is 6.07 Å². The van der Waals surface area contributed by atoms with E-state index < -0.39 is 11.7 Å². The number of alkyl halides is 3. The highest BCUT2D eigenvalue weighted by atomic mass is 35.5. The minimum Gasteiger partial charge on any atom is -0.381 e. The van der Waals surface area contributed by atoms with Crippen LogP contribution in [0.1, 0.15) is 38.1 Å². The van der Waals surface area contributed by atoms with Gasteiger partial charge in [-0.05, 0) is 31.0 Å². The van der Waals surface area contributed by atoms with Gasteiger partial charge in [0, 0.05) is 42.4 Å². The number of benzene rings is 1. The molecule has 0 N–H and O–H groups in total. The van der Waals surface area contributed by atoms with Gasteiger partial charge >= 0.3 is 6.18 Å². The zero-order valence-electron chi connectivity index (χ0n) is 16.6. The lowest BCUT2D eigenvalue weighted by Crippen LogP contribution is -2.14. The Hall–Kier alpha value is -2.12. The largest absolute Gasteiger partial charge is 0.416 e. The Kier molecular flexibility index (Phi) is 6.49. The topological polar surface area (TPSA) is 39.9 Å². The molecule has 29 heavy (non-hydrogen) atoms. The van der Waals surface area contributed by atoms with Crippen LogP contribution in [-0.2, 0) is 23.9 Å². The van der Waals surface area contributed by atoms with E-state index in [-0.39, 0.29) is 11.1 Å². The third-order valence-corrected chi connectivity index (χ3v) is 5.39. The van der Waals surface area contributed by atoms with Gasteiger partial charge in [-0.15, -0.1) is 0 Å². The zero-order chi connectivity index (χ0) is 21.2. The molecule has 2 heterocycles. The van der Waals surface area contributed by atoms with Crippen LogP contribution < -0.4 is 0 Å². The minimum atomic E-state index is -4.44. The second-order valence-corrected chi connectivity index (χ2v) is 7.22. The summed E-state index contributed by atoms with van der Waals surface area (Å²) in [7, 11) is 1.70. The van der Waals surface area contributed by atoms with Gasteiger partial charge in [0.25, 0.3) is 0 Å².